The standard InChI is InChI=1S/C21H29N5O2/c1-24-12-14-25(15-13-24)21(28)18-17-10-6-7-11-26(17)19(23-18)20(27)22-16-8-4-2-3-5-9-16/h6-7,10-11,16H,2-5,8-9,12-15H2,1H3,(H,22,27). The zero-order valence-corrected chi connectivity index (χ0v) is 16.6. The average molecular weight is 383 g/mol. The lowest BCUT2D eigenvalue weighted by Gasteiger charge is -2.32. The first-order valence-electron chi connectivity index (χ1n) is 10.4. The van der Waals surface area contributed by atoms with E-state index in [1.807, 2.05) is 29.3 Å². The number of fused-ring (bicyclic) bond motifs is 1. The second kappa shape index (κ2) is 8.31. The first kappa shape index (κ1) is 18.9. The van der Waals surface area contributed by atoms with Gasteiger partial charge in [-0.25, -0.2) is 4.98 Å². The summed E-state index contributed by atoms with van der Waals surface area (Å²) in [5.74, 6) is 0.0215. The molecule has 0 radical (unpaired) electrons. The van der Waals surface area contributed by atoms with Crippen molar-refractivity contribution in [2.45, 2.75) is 44.6 Å². The topological polar surface area (TPSA) is 69.9 Å². The van der Waals surface area contributed by atoms with E-state index in [1.165, 1.54) is 12.8 Å². The molecule has 7 heteroatoms. The monoisotopic (exact) mass is 383 g/mol. The molecule has 1 saturated heterocycles. The van der Waals surface area contributed by atoms with Crippen molar-refractivity contribution in [1.29, 1.82) is 0 Å². The Balaban J connectivity index is 1.59. The number of piperazine rings is 1. The fourth-order valence-electron chi connectivity index (χ4n) is 4.19. The van der Waals surface area contributed by atoms with Crippen LogP contribution in [0.5, 0.6) is 0 Å². The Labute approximate surface area is 165 Å². The van der Waals surface area contributed by atoms with Gasteiger partial charge in [-0.1, -0.05) is 31.7 Å². The molecule has 3 heterocycles. The smallest absolute Gasteiger partial charge is 0.287 e. The Bertz CT molecular complexity index is 846. The lowest BCUT2D eigenvalue weighted by atomic mass is 10.1. The summed E-state index contributed by atoms with van der Waals surface area (Å²) in [4.78, 5) is 34.6. The quantitative estimate of drug-likeness (QED) is 0.825. The minimum absolute atomic E-state index is 0.0923. The van der Waals surface area contributed by atoms with Gasteiger partial charge in [0, 0.05) is 38.4 Å². The third kappa shape index (κ3) is 3.90. The van der Waals surface area contributed by atoms with Gasteiger partial charge < -0.3 is 15.1 Å². The van der Waals surface area contributed by atoms with Crippen LogP contribution in [0.25, 0.3) is 5.52 Å². The van der Waals surface area contributed by atoms with E-state index in [4.69, 9.17) is 0 Å². The number of pyridine rings is 1. The van der Waals surface area contributed by atoms with Gasteiger partial charge in [0.25, 0.3) is 11.8 Å². The SMILES string of the molecule is CN1CCN(C(=O)c2nc(C(=O)NC3CCCCCC3)n3ccccc23)CC1. The highest BCUT2D eigenvalue weighted by Crippen LogP contribution is 2.19. The average Bonchev–Trinajstić information content (AvgIpc) is 2.91. The Morgan fingerprint density at radius 2 is 1.75 bits per heavy atom. The van der Waals surface area contributed by atoms with Crippen LogP contribution in [-0.2, 0) is 0 Å². The van der Waals surface area contributed by atoms with E-state index in [9.17, 15) is 9.59 Å². The van der Waals surface area contributed by atoms with Crippen LogP contribution >= 0.6 is 0 Å². The molecule has 2 aliphatic rings. The molecule has 2 amide bonds. The van der Waals surface area contributed by atoms with Crippen molar-refractivity contribution in [3.63, 3.8) is 0 Å². The molecular weight excluding hydrogens is 354 g/mol. The van der Waals surface area contributed by atoms with E-state index in [0.717, 1.165) is 38.8 Å². The molecule has 1 saturated carbocycles. The van der Waals surface area contributed by atoms with Crippen LogP contribution < -0.4 is 5.32 Å². The molecule has 1 aliphatic heterocycles. The van der Waals surface area contributed by atoms with Crippen molar-refractivity contribution >= 4 is 17.3 Å². The number of carbonyl (C=O) groups excluding carboxylic acids is 2. The second-order valence-electron chi connectivity index (χ2n) is 8.00. The van der Waals surface area contributed by atoms with Gasteiger partial charge in [-0.15, -0.1) is 0 Å². The van der Waals surface area contributed by atoms with E-state index in [1.54, 1.807) is 4.40 Å². The normalized spacial score (nSPS) is 19.5. The maximum Gasteiger partial charge on any atom is 0.287 e. The molecule has 0 bridgehead atoms. The van der Waals surface area contributed by atoms with Gasteiger partial charge in [0.05, 0.1) is 5.52 Å². The summed E-state index contributed by atoms with van der Waals surface area (Å²) in [6.45, 7) is 3.08. The molecule has 2 aromatic heterocycles. The Morgan fingerprint density at radius 3 is 2.46 bits per heavy atom. The van der Waals surface area contributed by atoms with Gasteiger partial charge >= 0.3 is 0 Å². The second-order valence-corrected chi connectivity index (χ2v) is 8.00. The largest absolute Gasteiger partial charge is 0.347 e. The van der Waals surface area contributed by atoms with E-state index in [2.05, 4.69) is 22.2 Å². The molecule has 2 aromatic rings. The van der Waals surface area contributed by atoms with Crippen LogP contribution in [0, 0.1) is 0 Å². The summed E-state index contributed by atoms with van der Waals surface area (Å²) in [7, 11) is 2.06. The zero-order chi connectivity index (χ0) is 19.5. The molecule has 2 fully saturated rings. The van der Waals surface area contributed by atoms with Crippen molar-refractivity contribution in [3.05, 3.63) is 35.9 Å². The minimum atomic E-state index is -0.189. The molecule has 150 valence electrons. The molecular formula is C21H29N5O2. The van der Waals surface area contributed by atoms with E-state index in [0.29, 0.717) is 30.1 Å². The Kier molecular flexibility index (Phi) is 5.62. The maximum absolute atomic E-state index is 13.1. The van der Waals surface area contributed by atoms with Gasteiger partial charge in [0.15, 0.2) is 5.69 Å². The molecule has 4 rings (SSSR count). The van der Waals surface area contributed by atoms with Gasteiger partial charge in [0.1, 0.15) is 0 Å². The van der Waals surface area contributed by atoms with E-state index < -0.39 is 0 Å². The molecule has 0 spiro atoms. The highest BCUT2D eigenvalue weighted by Gasteiger charge is 2.27. The molecule has 7 nitrogen and oxygen atoms in total. The number of nitrogens with one attached hydrogen (secondary N) is 1. The summed E-state index contributed by atoms with van der Waals surface area (Å²) in [6.07, 6.45) is 8.63. The summed E-state index contributed by atoms with van der Waals surface area (Å²) in [5, 5.41) is 3.15. The predicted octanol–water partition coefficient (Wildman–Crippen LogP) is 2.17. The van der Waals surface area contributed by atoms with Crippen molar-refractivity contribution in [1.82, 2.24) is 24.5 Å². The van der Waals surface area contributed by atoms with Crippen molar-refractivity contribution < 1.29 is 9.59 Å². The lowest BCUT2D eigenvalue weighted by molar-refractivity contribution is 0.0661. The van der Waals surface area contributed by atoms with Crippen molar-refractivity contribution in [2.24, 2.45) is 0 Å². The Hall–Kier alpha value is -2.41. The van der Waals surface area contributed by atoms with Gasteiger partial charge in [-0.05, 0) is 32.0 Å². The number of nitrogens with zero attached hydrogens (tertiary/aromatic N) is 4. The predicted molar refractivity (Wildman–Crippen MR) is 108 cm³/mol. The maximum atomic E-state index is 13.1. The van der Waals surface area contributed by atoms with E-state index in [-0.39, 0.29) is 17.9 Å². The van der Waals surface area contributed by atoms with Crippen molar-refractivity contribution in [2.75, 3.05) is 33.2 Å². The van der Waals surface area contributed by atoms with E-state index >= 15 is 0 Å². The summed E-state index contributed by atoms with van der Waals surface area (Å²) in [5.41, 5.74) is 1.06. The number of carbonyl (C=O) groups is 2. The minimum Gasteiger partial charge on any atom is -0.347 e. The Morgan fingerprint density at radius 1 is 1.04 bits per heavy atom. The number of imidazole rings is 1. The van der Waals surface area contributed by atoms with Crippen LogP contribution in [0.4, 0.5) is 0 Å². The number of hydrogen-bond acceptors (Lipinski definition) is 4. The first-order valence-corrected chi connectivity index (χ1v) is 10.4. The molecule has 0 unspecified atom stereocenters. The molecule has 0 aromatic carbocycles. The number of aromatic nitrogens is 2. The highest BCUT2D eigenvalue weighted by atomic mass is 16.2. The number of amides is 2. The molecule has 28 heavy (non-hydrogen) atoms. The fraction of sp³-hybridized carbons (Fsp3) is 0.571. The van der Waals surface area contributed by atoms with Gasteiger partial charge in [0.2, 0.25) is 5.82 Å². The van der Waals surface area contributed by atoms with Crippen LogP contribution in [0.3, 0.4) is 0 Å². The van der Waals surface area contributed by atoms with Crippen molar-refractivity contribution in [3.8, 4) is 0 Å². The zero-order valence-electron chi connectivity index (χ0n) is 16.6. The van der Waals surface area contributed by atoms with Crippen LogP contribution in [0.15, 0.2) is 24.4 Å². The van der Waals surface area contributed by atoms with Crippen LogP contribution in [0.2, 0.25) is 0 Å². The molecule has 1 aliphatic carbocycles. The van der Waals surface area contributed by atoms with Crippen LogP contribution in [0.1, 0.15) is 59.6 Å². The molecule has 1 N–H and O–H groups in total. The highest BCUT2D eigenvalue weighted by molar-refractivity contribution is 6.02. The number of hydrogen-bond donors (Lipinski definition) is 1. The van der Waals surface area contributed by atoms with Gasteiger partial charge in [-0.3, -0.25) is 14.0 Å². The van der Waals surface area contributed by atoms with Crippen LogP contribution in [-0.4, -0.2) is 70.3 Å². The summed E-state index contributed by atoms with van der Waals surface area (Å²) in [6, 6.07) is 5.80. The number of rotatable bonds is 3. The molecule has 0 atom stereocenters. The lowest BCUT2D eigenvalue weighted by Crippen LogP contribution is -2.47. The summed E-state index contributed by atoms with van der Waals surface area (Å²) < 4.78 is 1.75. The summed E-state index contributed by atoms with van der Waals surface area (Å²) >= 11 is 0. The number of likely N-dealkylation sites (N-methyl/N-ethyl adjacent to an activating group) is 1. The fourth-order valence-corrected chi connectivity index (χ4v) is 4.19. The van der Waals surface area contributed by atoms with Gasteiger partial charge in [-0.2, -0.15) is 0 Å². The first-order chi connectivity index (χ1) is 13.6. The third-order valence-corrected chi connectivity index (χ3v) is 5.93. The third-order valence-electron chi connectivity index (χ3n) is 5.93.